The summed E-state index contributed by atoms with van der Waals surface area (Å²) in [6.45, 7) is 7.16. The van der Waals surface area contributed by atoms with Crippen LogP contribution in [0, 0.1) is 5.82 Å². The number of hydrogen-bond acceptors (Lipinski definition) is 6. The number of ether oxygens (including phenoxy) is 1. The number of aromatic nitrogens is 1. The Morgan fingerprint density at radius 2 is 1.92 bits per heavy atom. The van der Waals surface area contributed by atoms with Gasteiger partial charge < -0.3 is 20.3 Å². The van der Waals surface area contributed by atoms with E-state index in [1.54, 1.807) is 12.1 Å². The Morgan fingerprint density at radius 3 is 2.67 bits per heavy atom. The standard InChI is InChI=1S/C15H20FNO.C12H18N2O.CH3O.K/c1-11-6-15-12(9-17-4-2-3-5-17)7-14(16)8-13(15)10-18-11;15-9-2-1-5-11-7-6-10-4-3-8-13-12(10)14-11;1-2;/h7-8,11H,2-6,9-10H2,1H3;6-7,15H,1-5,8-9H2,(H,13,14);1H3;/q;;-1;+1. The molecule has 194 valence electrons. The Hall–Kier alpha value is -0.424. The predicted molar refractivity (Wildman–Crippen MR) is 136 cm³/mol. The van der Waals surface area contributed by atoms with Crippen LogP contribution in [0.25, 0.3) is 0 Å². The van der Waals surface area contributed by atoms with Crippen molar-refractivity contribution >= 4 is 5.82 Å². The van der Waals surface area contributed by atoms with Crippen LogP contribution in [-0.4, -0.2) is 54.4 Å². The van der Waals surface area contributed by atoms with Crippen molar-refractivity contribution < 1.29 is 70.7 Å². The molecule has 1 saturated heterocycles. The van der Waals surface area contributed by atoms with E-state index in [9.17, 15) is 4.39 Å². The number of anilines is 1. The fourth-order valence-electron chi connectivity index (χ4n) is 4.97. The fraction of sp³-hybridized carbons (Fsp3) is 0.607. The number of rotatable bonds is 6. The molecule has 1 aromatic heterocycles. The summed E-state index contributed by atoms with van der Waals surface area (Å²) in [5.74, 6) is 0.948. The Morgan fingerprint density at radius 1 is 1.14 bits per heavy atom. The van der Waals surface area contributed by atoms with E-state index >= 15 is 0 Å². The van der Waals surface area contributed by atoms with Crippen molar-refractivity contribution in [3.05, 3.63) is 58.0 Å². The van der Waals surface area contributed by atoms with Gasteiger partial charge in [0.15, 0.2) is 0 Å². The Kier molecular flexibility index (Phi) is 15.2. The van der Waals surface area contributed by atoms with Crippen LogP contribution in [0.4, 0.5) is 10.2 Å². The number of aliphatic hydroxyl groups is 1. The molecule has 0 radical (unpaired) electrons. The van der Waals surface area contributed by atoms with Crippen LogP contribution in [0.3, 0.4) is 0 Å². The number of nitrogens with one attached hydrogen (secondary N) is 1. The van der Waals surface area contributed by atoms with Gasteiger partial charge in [-0.25, -0.2) is 9.37 Å². The zero-order chi connectivity index (χ0) is 25.0. The van der Waals surface area contributed by atoms with Gasteiger partial charge in [-0.1, -0.05) is 6.07 Å². The number of fused-ring (bicyclic) bond motifs is 2. The molecular weight excluding hydrogens is 484 g/mol. The molecule has 8 heteroatoms. The number of halogens is 1. The van der Waals surface area contributed by atoms with Gasteiger partial charge in [-0.05, 0) is 112 Å². The normalized spacial score (nSPS) is 18.3. The van der Waals surface area contributed by atoms with Gasteiger partial charge in [0, 0.05) is 25.4 Å². The van der Waals surface area contributed by atoms with Crippen LogP contribution in [0.15, 0.2) is 24.3 Å². The molecule has 0 saturated carbocycles. The second-order valence-electron chi connectivity index (χ2n) is 9.53. The number of pyridine rings is 1. The summed E-state index contributed by atoms with van der Waals surface area (Å²) >= 11 is 0. The van der Waals surface area contributed by atoms with Crippen LogP contribution in [0.2, 0.25) is 0 Å². The number of likely N-dealkylation sites (tertiary alicyclic amines) is 1. The first-order chi connectivity index (χ1) is 17.1. The first kappa shape index (κ1) is 31.8. The third-order valence-corrected chi connectivity index (χ3v) is 6.80. The second-order valence-corrected chi connectivity index (χ2v) is 9.53. The molecule has 0 aliphatic carbocycles. The minimum absolute atomic E-state index is 0. The van der Waals surface area contributed by atoms with Gasteiger partial charge in [-0.3, -0.25) is 4.90 Å². The molecule has 1 fully saturated rings. The largest absolute Gasteiger partial charge is 1.00 e. The van der Waals surface area contributed by atoms with E-state index < -0.39 is 0 Å². The van der Waals surface area contributed by atoms with Crippen molar-refractivity contribution in [2.75, 3.05) is 38.7 Å². The smallest absolute Gasteiger partial charge is 0.857 e. The summed E-state index contributed by atoms with van der Waals surface area (Å²) in [6, 6.07) is 7.65. The number of unbranched alkanes of at least 4 members (excludes halogenated alkanes) is 1. The van der Waals surface area contributed by atoms with E-state index in [1.807, 2.05) is 0 Å². The number of benzene rings is 1. The van der Waals surface area contributed by atoms with Gasteiger partial charge in [0.2, 0.25) is 0 Å². The quantitative estimate of drug-likeness (QED) is 0.425. The van der Waals surface area contributed by atoms with Crippen molar-refractivity contribution in [2.24, 2.45) is 0 Å². The van der Waals surface area contributed by atoms with Crippen molar-refractivity contribution in [3.8, 4) is 0 Å². The van der Waals surface area contributed by atoms with Gasteiger partial charge in [0.05, 0.1) is 12.7 Å². The maximum Gasteiger partial charge on any atom is 1.00 e. The third-order valence-electron chi connectivity index (χ3n) is 6.80. The van der Waals surface area contributed by atoms with Crippen LogP contribution < -0.4 is 61.8 Å². The van der Waals surface area contributed by atoms with Gasteiger partial charge >= 0.3 is 51.4 Å². The number of hydrogen-bond donors (Lipinski definition) is 2. The monoisotopic (exact) mass is 525 g/mol. The molecule has 0 amide bonds. The van der Waals surface area contributed by atoms with Gasteiger partial charge in [0.25, 0.3) is 0 Å². The molecule has 3 aliphatic heterocycles. The van der Waals surface area contributed by atoms with Gasteiger partial charge in [-0.2, -0.15) is 7.11 Å². The first-order valence-electron chi connectivity index (χ1n) is 13.0. The predicted octanol–water partition coefficient (Wildman–Crippen LogP) is 0.618. The van der Waals surface area contributed by atoms with Crippen molar-refractivity contribution in [2.45, 2.75) is 77.5 Å². The molecule has 0 spiro atoms. The average molecular weight is 526 g/mol. The molecule has 1 aromatic carbocycles. The molecular formula is C28H41FKN3O3. The number of aryl methyl sites for hydroxylation is 2. The zero-order valence-electron chi connectivity index (χ0n) is 22.3. The Balaban J connectivity index is 0.000000235. The van der Waals surface area contributed by atoms with Gasteiger partial charge in [-0.15, -0.1) is 0 Å². The second kappa shape index (κ2) is 17.2. The molecule has 5 rings (SSSR count). The van der Waals surface area contributed by atoms with Gasteiger partial charge in [0.1, 0.15) is 11.6 Å². The van der Waals surface area contributed by atoms with Crippen LogP contribution in [0.1, 0.15) is 67.0 Å². The summed E-state index contributed by atoms with van der Waals surface area (Å²) in [7, 11) is 0.750. The van der Waals surface area contributed by atoms with E-state index in [0.29, 0.717) is 6.61 Å². The summed E-state index contributed by atoms with van der Waals surface area (Å²) in [6.07, 6.45) is 8.92. The molecule has 36 heavy (non-hydrogen) atoms. The third kappa shape index (κ3) is 9.71. The zero-order valence-corrected chi connectivity index (χ0v) is 25.4. The summed E-state index contributed by atoms with van der Waals surface area (Å²) in [5.41, 5.74) is 6.01. The molecule has 2 N–H and O–H groups in total. The minimum Gasteiger partial charge on any atom is -0.857 e. The fourth-order valence-corrected chi connectivity index (χ4v) is 4.97. The molecule has 0 bridgehead atoms. The topological polar surface area (TPSA) is 80.7 Å². The van der Waals surface area contributed by atoms with E-state index in [0.717, 1.165) is 82.5 Å². The summed E-state index contributed by atoms with van der Waals surface area (Å²) in [4.78, 5) is 7.02. The molecule has 1 unspecified atom stereocenters. The van der Waals surface area contributed by atoms with Crippen LogP contribution in [0.5, 0.6) is 0 Å². The Bertz CT molecular complexity index is 925. The van der Waals surface area contributed by atoms with Crippen molar-refractivity contribution in [1.82, 2.24) is 9.88 Å². The van der Waals surface area contributed by atoms with Crippen molar-refractivity contribution in [3.63, 3.8) is 0 Å². The maximum atomic E-state index is 13.7. The molecule has 2 aromatic rings. The molecule has 6 nitrogen and oxygen atoms in total. The molecule has 4 heterocycles. The molecule has 3 aliphatic rings. The first-order valence-corrected chi connectivity index (χ1v) is 13.0. The maximum absolute atomic E-state index is 13.7. The van der Waals surface area contributed by atoms with E-state index in [4.69, 9.17) is 14.9 Å². The minimum atomic E-state index is -0.124. The SMILES string of the molecule is CC1Cc2c(cc(F)cc2CN2CCCC2)CO1.C[O-].OCCCCc1ccc2c(n1)NCCC2.[K+]. The van der Waals surface area contributed by atoms with Crippen LogP contribution >= 0.6 is 0 Å². The number of nitrogens with zero attached hydrogens (tertiary/aromatic N) is 2. The summed E-state index contributed by atoms with van der Waals surface area (Å²) in [5, 5.41) is 20.3. The van der Waals surface area contributed by atoms with Crippen molar-refractivity contribution in [1.29, 1.82) is 0 Å². The van der Waals surface area contributed by atoms with Crippen LogP contribution in [-0.2, 0) is 37.2 Å². The Labute approximate surface area is 258 Å². The summed E-state index contributed by atoms with van der Waals surface area (Å²) < 4.78 is 19.3. The van der Waals surface area contributed by atoms with E-state index in [1.165, 1.54) is 36.0 Å². The number of aliphatic hydroxyl groups excluding tert-OH is 1. The molecule has 1 atom stereocenters. The van der Waals surface area contributed by atoms with E-state index in [-0.39, 0.29) is 69.9 Å². The average Bonchev–Trinajstić information content (AvgIpc) is 3.39. The van der Waals surface area contributed by atoms with E-state index in [2.05, 4.69) is 34.3 Å².